The summed E-state index contributed by atoms with van der Waals surface area (Å²) < 4.78 is 0. The topological polar surface area (TPSA) is 61.4 Å². The predicted octanol–water partition coefficient (Wildman–Crippen LogP) is 4.44. The van der Waals surface area contributed by atoms with E-state index >= 15 is 0 Å². The van der Waals surface area contributed by atoms with E-state index in [9.17, 15) is 4.79 Å². The maximum absolute atomic E-state index is 10.6. The third-order valence-electron chi connectivity index (χ3n) is 4.17. The van der Waals surface area contributed by atoms with Crippen molar-refractivity contribution in [3.05, 3.63) is 63.2 Å². The monoisotopic (exact) mass is 360 g/mol. The number of aryl methyl sites for hydroxylation is 3. The van der Waals surface area contributed by atoms with Crippen molar-refractivity contribution in [3.8, 4) is 0 Å². The quantitative estimate of drug-likeness (QED) is 0.609. The highest BCUT2D eigenvalue weighted by Crippen LogP contribution is 2.23. The van der Waals surface area contributed by atoms with Gasteiger partial charge >= 0.3 is 5.97 Å². The van der Waals surface area contributed by atoms with Gasteiger partial charge in [-0.15, -0.1) is 0 Å². The Labute approximate surface area is 154 Å². The van der Waals surface area contributed by atoms with E-state index in [0.717, 1.165) is 28.4 Å². The number of hydrogen-bond acceptors (Lipinski definition) is 3. The smallest absolute Gasteiger partial charge is 0.304 e. The average molecular weight is 361 g/mol. The van der Waals surface area contributed by atoms with E-state index in [1.165, 1.54) is 16.7 Å². The highest BCUT2D eigenvalue weighted by molar-refractivity contribution is 6.32. The van der Waals surface area contributed by atoms with Crippen LogP contribution in [0, 0.1) is 20.8 Å². The standard InChI is InChI=1S/C20H25ClN2O2/c1-13-4-5-18(10-17(13)12-22-7-6-19(24)25)23-11-16-8-14(2)20(21)15(3)9-16/h4-5,8-10,22-23H,6-7,11-12H2,1-3H3,(H,24,25). The van der Waals surface area contributed by atoms with Crippen molar-refractivity contribution in [2.75, 3.05) is 11.9 Å². The summed E-state index contributed by atoms with van der Waals surface area (Å²) >= 11 is 6.22. The van der Waals surface area contributed by atoms with Crippen molar-refractivity contribution < 1.29 is 9.90 Å². The lowest BCUT2D eigenvalue weighted by molar-refractivity contribution is -0.136. The van der Waals surface area contributed by atoms with Gasteiger partial charge in [-0.2, -0.15) is 0 Å². The van der Waals surface area contributed by atoms with Crippen LogP contribution in [0.1, 0.15) is 34.2 Å². The lowest BCUT2D eigenvalue weighted by Gasteiger charge is -2.13. The molecule has 2 aromatic carbocycles. The normalized spacial score (nSPS) is 10.7. The van der Waals surface area contributed by atoms with Crippen molar-refractivity contribution in [2.45, 2.75) is 40.3 Å². The maximum Gasteiger partial charge on any atom is 0.304 e. The number of nitrogens with one attached hydrogen (secondary N) is 2. The molecule has 0 saturated carbocycles. The molecule has 5 heteroatoms. The SMILES string of the molecule is Cc1ccc(NCc2cc(C)c(Cl)c(C)c2)cc1CNCCC(=O)O. The molecule has 2 rings (SSSR count). The van der Waals surface area contributed by atoms with Crippen LogP contribution in [-0.2, 0) is 17.9 Å². The van der Waals surface area contributed by atoms with Gasteiger partial charge in [0.25, 0.3) is 0 Å². The molecule has 0 unspecified atom stereocenters. The number of rotatable bonds is 8. The number of halogens is 1. The number of benzene rings is 2. The molecule has 0 spiro atoms. The molecule has 3 N–H and O–H groups in total. The molecule has 0 aliphatic heterocycles. The predicted molar refractivity (Wildman–Crippen MR) is 103 cm³/mol. The Hall–Kier alpha value is -2.04. The van der Waals surface area contributed by atoms with Crippen LogP contribution in [0.15, 0.2) is 30.3 Å². The van der Waals surface area contributed by atoms with Gasteiger partial charge in [-0.1, -0.05) is 29.8 Å². The molecular formula is C20H25ClN2O2. The van der Waals surface area contributed by atoms with Crippen molar-refractivity contribution >= 4 is 23.3 Å². The number of anilines is 1. The van der Waals surface area contributed by atoms with Gasteiger partial charge in [0, 0.05) is 30.3 Å². The number of carbonyl (C=O) groups is 1. The Morgan fingerprint density at radius 2 is 1.72 bits per heavy atom. The van der Waals surface area contributed by atoms with Gasteiger partial charge in [-0.3, -0.25) is 4.79 Å². The van der Waals surface area contributed by atoms with E-state index in [1.54, 1.807) is 0 Å². The lowest BCUT2D eigenvalue weighted by atomic mass is 10.1. The fourth-order valence-electron chi connectivity index (χ4n) is 2.73. The highest BCUT2D eigenvalue weighted by Gasteiger charge is 2.05. The first-order valence-electron chi connectivity index (χ1n) is 8.38. The molecule has 25 heavy (non-hydrogen) atoms. The second-order valence-electron chi connectivity index (χ2n) is 6.36. The third-order valence-corrected chi connectivity index (χ3v) is 4.77. The largest absolute Gasteiger partial charge is 0.481 e. The third kappa shape index (κ3) is 5.76. The first-order chi connectivity index (χ1) is 11.9. The molecule has 0 amide bonds. The van der Waals surface area contributed by atoms with Gasteiger partial charge in [-0.05, 0) is 60.7 Å². The summed E-state index contributed by atoms with van der Waals surface area (Å²) in [5, 5.41) is 16.1. The fraction of sp³-hybridized carbons (Fsp3) is 0.350. The molecule has 134 valence electrons. The lowest BCUT2D eigenvalue weighted by Crippen LogP contribution is -2.18. The summed E-state index contributed by atoms with van der Waals surface area (Å²) in [6.45, 7) is 7.96. The first kappa shape index (κ1) is 19.3. The molecular weight excluding hydrogens is 336 g/mol. The Balaban J connectivity index is 1.98. The fourth-order valence-corrected chi connectivity index (χ4v) is 2.84. The molecule has 0 radical (unpaired) electrons. The van der Waals surface area contributed by atoms with Crippen molar-refractivity contribution in [3.63, 3.8) is 0 Å². The van der Waals surface area contributed by atoms with Crippen LogP contribution in [0.2, 0.25) is 5.02 Å². The molecule has 0 aromatic heterocycles. The van der Waals surface area contributed by atoms with Gasteiger partial charge in [0.15, 0.2) is 0 Å². The number of aliphatic carboxylic acids is 1. The van der Waals surface area contributed by atoms with Crippen LogP contribution in [0.4, 0.5) is 5.69 Å². The molecule has 0 heterocycles. The minimum Gasteiger partial charge on any atom is -0.481 e. The van der Waals surface area contributed by atoms with Gasteiger partial charge in [0.1, 0.15) is 0 Å². The van der Waals surface area contributed by atoms with Crippen LogP contribution < -0.4 is 10.6 Å². The zero-order valence-corrected chi connectivity index (χ0v) is 15.7. The zero-order valence-electron chi connectivity index (χ0n) is 14.9. The van der Waals surface area contributed by atoms with Crippen molar-refractivity contribution in [2.24, 2.45) is 0 Å². The number of hydrogen-bond donors (Lipinski definition) is 3. The molecule has 0 atom stereocenters. The van der Waals surface area contributed by atoms with Crippen molar-refractivity contribution in [1.82, 2.24) is 5.32 Å². The van der Waals surface area contributed by atoms with E-state index in [1.807, 2.05) is 13.8 Å². The van der Waals surface area contributed by atoms with Crippen LogP contribution in [0.3, 0.4) is 0 Å². The van der Waals surface area contributed by atoms with E-state index in [2.05, 4.69) is 47.9 Å². The van der Waals surface area contributed by atoms with Crippen molar-refractivity contribution in [1.29, 1.82) is 0 Å². The van der Waals surface area contributed by atoms with Crippen LogP contribution in [0.25, 0.3) is 0 Å². The van der Waals surface area contributed by atoms with Crippen LogP contribution in [-0.4, -0.2) is 17.6 Å². The van der Waals surface area contributed by atoms with E-state index < -0.39 is 5.97 Å². The Morgan fingerprint density at radius 3 is 2.36 bits per heavy atom. The molecule has 0 aliphatic carbocycles. The molecule has 0 bridgehead atoms. The van der Waals surface area contributed by atoms with E-state index in [4.69, 9.17) is 16.7 Å². The Bertz CT molecular complexity index is 736. The minimum absolute atomic E-state index is 0.131. The molecule has 4 nitrogen and oxygen atoms in total. The summed E-state index contributed by atoms with van der Waals surface area (Å²) in [7, 11) is 0. The Kier molecular flexibility index (Phi) is 6.85. The minimum atomic E-state index is -0.784. The molecule has 0 aliphatic rings. The molecule has 2 aromatic rings. The second-order valence-corrected chi connectivity index (χ2v) is 6.74. The average Bonchev–Trinajstić information content (AvgIpc) is 2.56. The highest BCUT2D eigenvalue weighted by atomic mass is 35.5. The van der Waals surface area contributed by atoms with Gasteiger partial charge in [0.05, 0.1) is 6.42 Å². The Morgan fingerprint density at radius 1 is 1.04 bits per heavy atom. The summed E-state index contributed by atoms with van der Waals surface area (Å²) in [6, 6.07) is 10.5. The van der Waals surface area contributed by atoms with Gasteiger partial charge in [-0.25, -0.2) is 0 Å². The van der Waals surface area contributed by atoms with Crippen LogP contribution >= 0.6 is 11.6 Å². The molecule has 0 saturated heterocycles. The summed E-state index contributed by atoms with van der Waals surface area (Å²) in [6.07, 6.45) is 0.131. The maximum atomic E-state index is 10.6. The number of carboxylic acid groups (broad SMARTS) is 1. The molecule has 0 fully saturated rings. The first-order valence-corrected chi connectivity index (χ1v) is 8.76. The van der Waals surface area contributed by atoms with Gasteiger partial charge < -0.3 is 15.7 Å². The summed E-state index contributed by atoms with van der Waals surface area (Å²) in [5.74, 6) is -0.784. The second kappa shape index (κ2) is 8.88. The van der Waals surface area contributed by atoms with E-state index in [-0.39, 0.29) is 6.42 Å². The van der Waals surface area contributed by atoms with Gasteiger partial charge in [0.2, 0.25) is 0 Å². The van der Waals surface area contributed by atoms with E-state index in [0.29, 0.717) is 13.1 Å². The number of carboxylic acids is 1. The summed E-state index contributed by atoms with van der Waals surface area (Å²) in [4.78, 5) is 10.6. The summed E-state index contributed by atoms with van der Waals surface area (Å²) in [5.41, 5.74) is 6.77. The van der Waals surface area contributed by atoms with Crippen LogP contribution in [0.5, 0.6) is 0 Å². The zero-order chi connectivity index (χ0) is 18.4.